The maximum Gasteiger partial charge on any atom is 0.0508 e. The zero-order valence-corrected chi connectivity index (χ0v) is 32.2. The van der Waals surface area contributed by atoms with Gasteiger partial charge < -0.3 is 4.90 Å². The molecule has 14 rings (SSSR count). The molecule has 8 aliphatic rings. The van der Waals surface area contributed by atoms with Gasteiger partial charge in [-0.3, -0.25) is 0 Å². The molecular formula is C54H49N. The van der Waals surface area contributed by atoms with Gasteiger partial charge in [0, 0.05) is 27.6 Å². The highest BCUT2D eigenvalue weighted by molar-refractivity contribution is 5.93. The van der Waals surface area contributed by atoms with Gasteiger partial charge in [0.1, 0.15) is 0 Å². The van der Waals surface area contributed by atoms with Crippen molar-refractivity contribution in [2.75, 3.05) is 4.90 Å². The third kappa shape index (κ3) is 3.81. The van der Waals surface area contributed by atoms with Gasteiger partial charge in [-0.15, -0.1) is 0 Å². The van der Waals surface area contributed by atoms with Gasteiger partial charge in [0.05, 0.1) is 5.69 Å². The Bertz CT molecular complexity index is 2590. The molecule has 0 radical (unpaired) electrons. The zero-order chi connectivity index (χ0) is 36.3. The Morgan fingerprint density at radius 1 is 0.455 bits per heavy atom. The molecule has 0 aromatic heterocycles. The standard InChI is InChI=1S/C54H49N/c1-52(2)45-16-6-3-14-41(45)44-15-11-19-50(51(44)52)55(37-20-22-42-39-12-4-7-17-46(39)53(48(42)31-37)24-9-10-25-53)38-21-23-43-40-13-5-8-18-47(40)54(49(43)32-38)35-27-33-26-34(29-35)30-36(54)28-33/h3-8,11-23,31-36H,9-10,24-30H2,1-2H3. The van der Waals surface area contributed by atoms with Crippen LogP contribution in [0.1, 0.15) is 105 Å². The van der Waals surface area contributed by atoms with E-state index in [1.165, 1.54) is 119 Å². The molecule has 5 saturated carbocycles. The van der Waals surface area contributed by atoms with Crippen molar-refractivity contribution < 1.29 is 0 Å². The SMILES string of the molecule is CC1(C)c2ccccc2-c2cccc(N(c3ccc4c(c3)C3(CCCC3)c3ccccc3-4)c3ccc4c(c3)C3(c5ccccc5-4)C4CC5CC(C4)CC3C5)c21. The van der Waals surface area contributed by atoms with Crippen molar-refractivity contribution in [2.45, 2.75) is 87.9 Å². The van der Waals surface area contributed by atoms with E-state index >= 15 is 0 Å². The van der Waals surface area contributed by atoms with Gasteiger partial charge in [0.15, 0.2) is 0 Å². The molecule has 0 unspecified atom stereocenters. The summed E-state index contributed by atoms with van der Waals surface area (Å²) in [5, 5.41) is 0. The van der Waals surface area contributed by atoms with Gasteiger partial charge in [-0.2, -0.15) is 0 Å². The molecule has 0 saturated heterocycles. The lowest BCUT2D eigenvalue weighted by Crippen LogP contribution is -2.55. The lowest BCUT2D eigenvalue weighted by molar-refractivity contribution is -0.0399. The Morgan fingerprint density at radius 2 is 0.964 bits per heavy atom. The van der Waals surface area contributed by atoms with E-state index in [2.05, 4.69) is 146 Å². The Balaban J connectivity index is 1.07. The number of fused-ring (bicyclic) bond motifs is 11. The van der Waals surface area contributed by atoms with E-state index in [1.807, 2.05) is 0 Å². The van der Waals surface area contributed by atoms with E-state index in [-0.39, 0.29) is 16.2 Å². The molecule has 6 aromatic rings. The first kappa shape index (κ1) is 31.3. The topological polar surface area (TPSA) is 3.24 Å². The maximum atomic E-state index is 2.71. The van der Waals surface area contributed by atoms with E-state index in [1.54, 1.807) is 22.3 Å². The third-order valence-corrected chi connectivity index (χ3v) is 16.6. The van der Waals surface area contributed by atoms with Crippen molar-refractivity contribution in [3.05, 3.63) is 161 Å². The second kappa shape index (κ2) is 10.7. The number of hydrogen-bond donors (Lipinski definition) is 0. The predicted molar refractivity (Wildman–Crippen MR) is 227 cm³/mol. The van der Waals surface area contributed by atoms with Crippen LogP contribution >= 0.6 is 0 Å². The molecule has 1 heteroatoms. The number of rotatable bonds is 3. The van der Waals surface area contributed by atoms with E-state index < -0.39 is 0 Å². The minimum atomic E-state index is -0.129. The molecule has 55 heavy (non-hydrogen) atoms. The number of nitrogens with zero attached hydrogens (tertiary/aromatic N) is 1. The van der Waals surface area contributed by atoms with Gasteiger partial charge in [0.2, 0.25) is 0 Å². The van der Waals surface area contributed by atoms with E-state index in [9.17, 15) is 0 Å². The average molecular weight is 712 g/mol. The minimum absolute atomic E-state index is 0.117. The highest BCUT2D eigenvalue weighted by atomic mass is 15.1. The molecule has 4 bridgehead atoms. The first-order chi connectivity index (χ1) is 27.0. The highest BCUT2D eigenvalue weighted by Crippen LogP contribution is 2.70. The fraction of sp³-hybridized carbons (Fsp3) is 0.333. The van der Waals surface area contributed by atoms with Crippen LogP contribution in [0.3, 0.4) is 0 Å². The highest BCUT2D eigenvalue weighted by Gasteiger charge is 2.61. The molecule has 270 valence electrons. The molecule has 8 aliphatic carbocycles. The summed E-state index contributed by atoms with van der Waals surface area (Å²) >= 11 is 0. The molecule has 6 aromatic carbocycles. The fourth-order valence-electron chi connectivity index (χ4n) is 14.8. The molecule has 0 N–H and O–H groups in total. The molecule has 0 atom stereocenters. The summed E-state index contributed by atoms with van der Waals surface area (Å²) in [5.74, 6) is 3.34. The van der Waals surface area contributed by atoms with E-state index in [0.717, 1.165) is 23.7 Å². The third-order valence-electron chi connectivity index (χ3n) is 16.6. The lowest BCUT2D eigenvalue weighted by Gasteiger charge is -2.61. The smallest absolute Gasteiger partial charge is 0.0508 e. The van der Waals surface area contributed by atoms with Gasteiger partial charge in [-0.25, -0.2) is 0 Å². The van der Waals surface area contributed by atoms with Crippen LogP contribution in [0, 0.1) is 23.7 Å². The number of anilines is 3. The van der Waals surface area contributed by atoms with Gasteiger partial charge in [0.25, 0.3) is 0 Å². The molecular weight excluding hydrogens is 663 g/mol. The van der Waals surface area contributed by atoms with Crippen LogP contribution < -0.4 is 4.90 Å². The Hall–Kier alpha value is -4.88. The fourth-order valence-corrected chi connectivity index (χ4v) is 14.8. The van der Waals surface area contributed by atoms with Gasteiger partial charge >= 0.3 is 0 Å². The van der Waals surface area contributed by atoms with Crippen molar-refractivity contribution in [1.82, 2.24) is 0 Å². The summed E-state index contributed by atoms with van der Waals surface area (Å²) in [7, 11) is 0. The average Bonchev–Trinajstić information content (AvgIpc) is 3.94. The van der Waals surface area contributed by atoms with E-state index in [0.29, 0.717) is 0 Å². The summed E-state index contributed by atoms with van der Waals surface area (Å²) in [6, 6.07) is 50.5. The Kier molecular flexibility index (Phi) is 6.09. The quantitative estimate of drug-likeness (QED) is 0.177. The number of benzene rings is 6. The van der Waals surface area contributed by atoms with Crippen LogP contribution in [0.4, 0.5) is 17.1 Å². The molecule has 0 aliphatic heterocycles. The van der Waals surface area contributed by atoms with Crippen LogP contribution in [0.25, 0.3) is 33.4 Å². The first-order valence-electron chi connectivity index (χ1n) is 21.5. The lowest BCUT2D eigenvalue weighted by atomic mass is 9.43. The van der Waals surface area contributed by atoms with Crippen molar-refractivity contribution in [3.63, 3.8) is 0 Å². The normalized spacial score (nSPS) is 27.2. The first-order valence-corrected chi connectivity index (χ1v) is 21.5. The molecule has 0 amide bonds. The Labute approximate surface area is 326 Å². The van der Waals surface area contributed by atoms with Gasteiger partial charge in [-0.1, -0.05) is 124 Å². The second-order valence-electron chi connectivity index (χ2n) is 19.2. The summed E-state index contributed by atoms with van der Waals surface area (Å²) in [5.41, 5.74) is 22.0. The maximum absolute atomic E-state index is 2.71. The van der Waals surface area contributed by atoms with Crippen molar-refractivity contribution in [1.29, 1.82) is 0 Å². The van der Waals surface area contributed by atoms with E-state index in [4.69, 9.17) is 0 Å². The van der Waals surface area contributed by atoms with Crippen LogP contribution in [0.15, 0.2) is 127 Å². The number of hydrogen-bond acceptors (Lipinski definition) is 1. The van der Waals surface area contributed by atoms with Crippen molar-refractivity contribution in [3.8, 4) is 33.4 Å². The van der Waals surface area contributed by atoms with Crippen LogP contribution in [0.2, 0.25) is 0 Å². The van der Waals surface area contributed by atoms with Crippen LogP contribution in [-0.2, 0) is 16.2 Å². The molecule has 2 spiro atoms. The summed E-state index contributed by atoms with van der Waals surface area (Å²) in [4.78, 5) is 2.70. The van der Waals surface area contributed by atoms with Crippen LogP contribution in [0.5, 0.6) is 0 Å². The van der Waals surface area contributed by atoms with Crippen molar-refractivity contribution >= 4 is 17.1 Å². The van der Waals surface area contributed by atoms with Gasteiger partial charge in [-0.05, 0) is 166 Å². The second-order valence-corrected chi connectivity index (χ2v) is 19.2. The van der Waals surface area contributed by atoms with Crippen molar-refractivity contribution in [2.24, 2.45) is 23.7 Å². The molecule has 5 fully saturated rings. The summed E-state index contributed by atoms with van der Waals surface area (Å²) in [6.07, 6.45) is 12.2. The zero-order valence-electron chi connectivity index (χ0n) is 32.2. The molecule has 0 heterocycles. The molecule has 1 nitrogen and oxygen atoms in total. The minimum Gasteiger partial charge on any atom is -0.310 e. The summed E-state index contributed by atoms with van der Waals surface area (Å²) in [6.45, 7) is 4.91. The predicted octanol–water partition coefficient (Wildman–Crippen LogP) is 14.0. The monoisotopic (exact) mass is 711 g/mol. The largest absolute Gasteiger partial charge is 0.310 e. The van der Waals surface area contributed by atoms with Crippen LogP contribution in [-0.4, -0.2) is 0 Å². The Morgan fingerprint density at radius 3 is 1.64 bits per heavy atom. The summed E-state index contributed by atoms with van der Waals surface area (Å²) < 4.78 is 0.